The van der Waals surface area contributed by atoms with Crippen molar-refractivity contribution in [3.05, 3.63) is 54.5 Å². The van der Waals surface area contributed by atoms with Gasteiger partial charge in [-0.2, -0.15) is 10.2 Å². The summed E-state index contributed by atoms with van der Waals surface area (Å²) in [6.45, 7) is 5.78. The normalized spacial score (nSPS) is 23.7. The molecule has 258 valence electrons. The topological polar surface area (TPSA) is 195 Å². The van der Waals surface area contributed by atoms with Crippen LogP contribution in [-0.2, 0) is 37.6 Å². The first-order chi connectivity index (χ1) is 22.3. The second-order valence-electron chi connectivity index (χ2n) is 11.2. The number of fused-ring (bicyclic) bond motifs is 1. The van der Waals surface area contributed by atoms with Crippen molar-refractivity contribution in [2.45, 2.75) is 89.8 Å². The van der Waals surface area contributed by atoms with Crippen LogP contribution in [0.5, 0.6) is 5.75 Å². The third-order valence-corrected chi connectivity index (χ3v) is 8.84. The van der Waals surface area contributed by atoms with E-state index >= 15 is 4.39 Å². The highest BCUT2D eigenvalue weighted by Crippen LogP contribution is 2.50. The van der Waals surface area contributed by atoms with Gasteiger partial charge >= 0.3 is 19.7 Å². The number of para-hydroxylation sites is 1. The summed E-state index contributed by atoms with van der Waals surface area (Å²) in [6, 6.07) is 10.0. The van der Waals surface area contributed by atoms with Crippen molar-refractivity contribution in [1.82, 2.24) is 19.7 Å². The number of rotatable bonds is 16. The first kappa shape index (κ1) is 36.2. The summed E-state index contributed by atoms with van der Waals surface area (Å²) in [4.78, 5) is 29.3. The van der Waals surface area contributed by atoms with Gasteiger partial charge in [-0.15, -0.1) is 0 Å². The largest absolute Gasteiger partial charge is 0.462 e. The average Bonchev–Trinajstić information content (AvgIpc) is 3.60. The number of nitrogens with zero attached hydrogens (tertiary/aromatic N) is 3. The van der Waals surface area contributed by atoms with Crippen LogP contribution >= 0.6 is 7.75 Å². The number of anilines is 1. The zero-order chi connectivity index (χ0) is 34.4. The van der Waals surface area contributed by atoms with Gasteiger partial charge in [-0.05, 0) is 51.5 Å². The van der Waals surface area contributed by atoms with E-state index in [0.717, 1.165) is 0 Å². The van der Waals surface area contributed by atoms with Gasteiger partial charge in [-0.25, -0.2) is 18.5 Å². The van der Waals surface area contributed by atoms with Crippen molar-refractivity contribution in [2.24, 2.45) is 0 Å². The highest BCUT2D eigenvalue weighted by molar-refractivity contribution is 7.52. The van der Waals surface area contributed by atoms with Crippen molar-refractivity contribution in [3.63, 3.8) is 0 Å². The molecule has 0 spiro atoms. The smallest absolute Gasteiger partial charge is 0.459 e. The quantitative estimate of drug-likeness (QED) is 0.113. The van der Waals surface area contributed by atoms with E-state index in [4.69, 9.17) is 33.7 Å². The Kier molecular flexibility index (Phi) is 11.9. The lowest BCUT2D eigenvalue weighted by Gasteiger charge is -2.34. The van der Waals surface area contributed by atoms with Gasteiger partial charge < -0.3 is 34.3 Å². The Labute approximate surface area is 271 Å². The number of halogens is 1. The molecule has 0 aliphatic carbocycles. The van der Waals surface area contributed by atoms with E-state index in [1.807, 2.05) is 0 Å². The number of aliphatic hydroxyl groups excluding tert-OH is 1. The van der Waals surface area contributed by atoms with Gasteiger partial charge in [-0.3, -0.25) is 14.1 Å². The second-order valence-corrected chi connectivity index (χ2v) is 12.9. The average molecular weight is 682 g/mol. The molecule has 7 atom stereocenters. The lowest BCUT2D eigenvalue weighted by Crippen LogP contribution is -2.52. The molecule has 1 fully saturated rings. The number of alkyl halides is 1. The van der Waals surface area contributed by atoms with Gasteiger partial charge in [-0.1, -0.05) is 32.0 Å². The standard InChI is InChI=1S/C30H41FN5O10P/c1-6-23(37)43-26-25(21-13-14-22-28(32)33-17-34-36(21)22)45-30(15-31,27(26)44-24(38)7-2)16-41-47(40,46-20-11-9-8-10-12-20)35-19(5)29(39)42-18(3)4/h8-14,17-19,24-27,38H,6-7,15-16H2,1-5H3,(H,35,40)(H2,32,33,34)/t19-,24?,25-,26-,27-,30+,47-/m0/s1. The van der Waals surface area contributed by atoms with Gasteiger partial charge in [0.25, 0.3) is 0 Å². The molecule has 2 aromatic heterocycles. The van der Waals surface area contributed by atoms with Crippen LogP contribution in [0.15, 0.2) is 48.8 Å². The Bertz CT molecular complexity index is 1560. The minimum Gasteiger partial charge on any atom is -0.462 e. The predicted octanol–water partition coefficient (Wildman–Crippen LogP) is 3.66. The number of esters is 2. The molecular weight excluding hydrogens is 640 g/mol. The summed E-state index contributed by atoms with van der Waals surface area (Å²) in [5.74, 6) is -1.13. The summed E-state index contributed by atoms with van der Waals surface area (Å²) in [6.07, 6.45) is -4.72. The van der Waals surface area contributed by atoms with E-state index < -0.39 is 75.3 Å². The van der Waals surface area contributed by atoms with Crippen molar-refractivity contribution in [3.8, 4) is 5.75 Å². The van der Waals surface area contributed by atoms with Gasteiger partial charge in [0, 0.05) is 6.42 Å². The molecular formula is C30H41FN5O10P. The van der Waals surface area contributed by atoms with Gasteiger partial charge in [0.05, 0.1) is 18.4 Å². The maximum Gasteiger partial charge on any atom is 0.459 e. The fraction of sp³-hybridized carbons (Fsp3) is 0.533. The SMILES string of the molecule is CCC(=O)O[C@H]1[C@H](c2ccc3c(N)ncnn23)O[C@](CF)(CO[P@@](=O)(N[C@@H](C)C(=O)OC(C)C)Oc2ccccc2)[C@H]1OC(O)CC. The molecule has 47 heavy (non-hydrogen) atoms. The molecule has 0 bridgehead atoms. The van der Waals surface area contributed by atoms with E-state index in [2.05, 4.69) is 15.2 Å². The van der Waals surface area contributed by atoms with Gasteiger partial charge in [0.2, 0.25) is 0 Å². The summed E-state index contributed by atoms with van der Waals surface area (Å²) < 4.78 is 65.9. The van der Waals surface area contributed by atoms with Crippen molar-refractivity contribution >= 4 is 31.0 Å². The van der Waals surface area contributed by atoms with Crippen LogP contribution in [0.25, 0.3) is 5.52 Å². The molecule has 0 amide bonds. The fourth-order valence-electron chi connectivity index (χ4n) is 4.88. The van der Waals surface area contributed by atoms with Crippen LogP contribution < -0.4 is 15.3 Å². The van der Waals surface area contributed by atoms with E-state index in [-0.39, 0.29) is 24.4 Å². The first-order valence-electron chi connectivity index (χ1n) is 15.2. The van der Waals surface area contributed by atoms with Crippen LogP contribution in [0.3, 0.4) is 0 Å². The monoisotopic (exact) mass is 681 g/mol. The van der Waals surface area contributed by atoms with Crippen molar-refractivity contribution < 1.29 is 51.6 Å². The van der Waals surface area contributed by atoms with Crippen LogP contribution in [0.4, 0.5) is 10.2 Å². The van der Waals surface area contributed by atoms with Crippen LogP contribution in [-0.4, -0.2) is 81.2 Å². The number of nitrogens with two attached hydrogens (primary N) is 1. The van der Waals surface area contributed by atoms with Crippen LogP contribution in [0.2, 0.25) is 0 Å². The van der Waals surface area contributed by atoms with Crippen LogP contribution in [0.1, 0.15) is 59.3 Å². The number of nitrogen functional groups attached to an aromatic ring is 1. The van der Waals surface area contributed by atoms with E-state index in [9.17, 15) is 19.3 Å². The molecule has 1 saturated heterocycles. The molecule has 4 N–H and O–H groups in total. The van der Waals surface area contributed by atoms with E-state index in [1.165, 1.54) is 29.9 Å². The molecule has 0 saturated carbocycles. The number of carbonyl (C=O) groups is 2. The molecule has 15 nitrogen and oxygen atoms in total. The Morgan fingerprint density at radius 1 is 1.19 bits per heavy atom. The van der Waals surface area contributed by atoms with Crippen molar-refractivity contribution in [2.75, 3.05) is 19.0 Å². The fourth-order valence-corrected chi connectivity index (χ4v) is 6.43. The zero-order valence-corrected chi connectivity index (χ0v) is 27.7. The summed E-state index contributed by atoms with van der Waals surface area (Å²) in [7, 11) is -4.51. The van der Waals surface area contributed by atoms with E-state index in [1.54, 1.807) is 58.0 Å². The van der Waals surface area contributed by atoms with Gasteiger partial charge in [0.15, 0.2) is 23.8 Å². The molecule has 3 aromatic rings. The van der Waals surface area contributed by atoms with Crippen molar-refractivity contribution in [1.29, 1.82) is 0 Å². The molecule has 1 aliphatic rings. The molecule has 1 unspecified atom stereocenters. The molecule has 3 heterocycles. The number of hydrogen-bond donors (Lipinski definition) is 3. The molecule has 1 aromatic carbocycles. The van der Waals surface area contributed by atoms with Gasteiger partial charge in [0.1, 0.15) is 42.5 Å². The maximum absolute atomic E-state index is 15.5. The summed E-state index contributed by atoms with van der Waals surface area (Å²) in [5, 5.41) is 17.4. The molecule has 1 aliphatic heterocycles. The number of carbonyl (C=O) groups excluding carboxylic acids is 2. The molecule has 0 radical (unpaired) electrons. The Hall–Kier alpha value is -3.66. The third kappa shape index (κ3) is 8.44. The number of nitrogens with one attached hydrogen (secondary N) is 1. The predicted molar refractivity (Wildman–Crippen MR) is 166 cm³/mol. The number of aromatic nitrogens is 3. The highest BCUT2D eigenvalue weighted by atomic mass is 31.2. The lowest BCUT2D eigenvalue weighted by molar-refractivity contribution is -0.207. The zero-order valence-electron chi connectivity index (χ0n) is 26.8. The lowest BCUT2D eigenvalue weighted by atomic mass is 9.95. The molecule has 4 rings (SSSR count). The van der Waals surface area contributed by atoms with E-state index in [0.29, 0.717) is 11.2 Å². The number of hydrogen-bond acceptors (Lipinski definition) is 13. The Balaban J connectivity index is 1.75. The maximum atomic E-state index is 15.5. The summed E-state index contributed by atoms with van der Waals surface area (Å²) >= 11 is 0. The first-order valence-corrected chi connectivity index (χ1v) is 16.7. The Morgan fingerprint density at radius 2 is 1.91 bits per heavy atom. The minimum atomic E-state index is -4.51. The third-order valence-electron chi connectivity index (χ3n) is 7.22. The minimum absolute atomic E-state index is 0.0379. The number of benzene rings is 1. The number of ether oxygens (including phenoxy) is 4. The highest BCUT2D eigenvalue weighted by Gasteiger charge is 2.61. The van der Waals surface area contributed by atoms with Crippen LogP contribution in [0, 0.1) is 0 Å². The second kappa shape index (κ2) is 15.5. The number of aliphatic hydroxyl groups is 1. The summed E-state index contributed by atoms with van der Waals surface area (Å²) in [5.41, 5.74) is 4.58. The Morgan fingerprint density at radius 3 is 2.55 bits per heavy atom. The molecule has 17 heteroatoms.